The zero-order valence-electron chi connectivity index (χ0n) is 12.6. The largest absolute Gasteiger partial charge is 0.368 e. The molecular formula is C15H30N2O. The molecule has 1 aliphatic rings. The first-order chi connectivity index (χ1) is 8.33. The summed E-state index contributed by atoms with van der Waals surface area (Å²) in [4.78, 5) is 12.1. The summed E-state index contributed by atoms with van der Waals surface area (Å²) in [7, 11) is 0. The maximum Gasteiger partial charge on any atom is 0.238 e. The minimum absolute atomic E-state index is 0.159. The Bertz CT molecular complexity index is 290. The first-order valence-electron chi connectivity index (χ1n) is 7.41. The topological polar surface area (TPSA) is 55.1 Å². The summed E-state index contributed by atoms with van der Waals surface area (Å²) >= 11 is 0. The minimum Gasteiger partial charge on any atom is -0.368 e. The first kappa shape index (κ1) is 15.5. The van der Waals surface area contributed by atoms with Crippen LogP contribution >= 0.6 is 0 Å². The third-order valence-electron chi connectivity index (χ3n) is 4.63. The van der Waals surface area contributed by atoms with Crippen molar-refractivity contribution in [2.24, 2.45) is 23.5 Å². The summed E-state index contributed by atoms with van der Waals surface area (Å²) in [5, 5.41) is 3.57. The molecule has 0 aromatic heterocycles. The van der Waals surface area contributed by atoms with Crippen LogP contribution in [0.4, 0.5) is 0 Å². The maximum atomic E-state index is 12.1. The summed E-state index contributed by atoms with van der Waals surface area (Å²) in [5.74, 6) is 1.26. The lowest BCUT2D eigenvalue weighted by molar-refractivity contribution is -0.131. The van der Waals surface area contributed by atoms with Gasteiger partial charge in [-0.25, -0.2) is 0 Å². The van der Waals surface area contributed by atoms with Crippen LogP contribution in [0.2, 0.25) is 0 Å². The fourth-order valence-electron chi connectivity index (χ4n) is 3.48. The molecular weight excluding hydrogens is 224 g/mol. The van der Waals surface area contributed by atoms with Gasteiger partial charge in [-0.15, -0.1) is 0 Å². The molecule has 3 nitrogen and oxygen atoms in total. The number of rotatable bonds is 5. The second kappa shape index (κ2) is 6.05. The summed E-state index contributed by atoms with van der Waals surface area (Å²) < 4.78 is 0. The third-order valence-corrected chi connectivity index (χ3v) is 4.63. The van der Waals surface area contributed by atoms with E-state index >= 15 is 0 Å². The fraction of sp³-hybridized carbons (Fsp3) is 0.933. The Kier molecular flexibility index (Phi) is 5.20. The zero-order chi connectivity index (χ0) is 13.9. The van der Waals surface area contributed by atoms with Crippen molar-refractivity contribution in [3.05, 3.63) is 0 Å². The SMILES string of the molecule is CCC(C)NC1(C(N)=O)CC(C)CCC1C(C)C. The second-order valence-electron chi connectivity index (χ2n) is 6.53. The highest BCUT2D eigenvalue weighted by molar-refractivity contribution is 5.85. The van der Waals surface area contributed by atoms with Crippen LogP contribution in [0.25, 0.3) is 0 Å². The molecule has 1 rings (SSSR count). The van der Waals surface area contributed by atoms with Crippen molar-refractivity contribution in [2.45, 2.75) is 71.9 Å². The smallest absolute Gasteiger partial charge is 0.238 e. The van der Waals surface area contributed by atoms with Crippen LogP contribution < -0.4 is 11.1 Å². The molecule has 1 fully saturated rings. The molecule has 4 unspecified atom stereocenters. The minimum atomic E-state index is -0.499. The average Bonchev–Trinajstić information content (AvgIpc) is 2.28. The summed E-state index contributed by atoms with van der Waals surface area (Å²) in [6.07, 6.45) is 4.22. The molecule has 0 bridgehead atoms. The van der Waals surface area contributed by atoms with Crippen LogP contribution in [0.1, 0.15) is 60.3 Å². The van der Waals surface area contributed by atoms with Gasteiger partial charge in [-0.05, 0) is 43.9 Å². The summed E-state index contributed by atoms with van der Waals surface area (Å²) in [6.45, 7) is 10.9. The van der Waals surface area contributed by atoms with E-state index < -0.39 is 5.54 Å². The van der Waals surface area contributed by atoms with E-state index in [1.165, 1.54) is 6.42 Å². The van der Waals surface area contributed by atoms with Crippen LogP contribution in [0.5, 0.6) is 0 Å². The lowest BCUT2D eigenvalue weighted by Crippen LogP contribution is -2.65. The van der Waals surface area contributed by atoms with E-state index in [0.717, 1.165) is 19.3 Å². The second-order valence-corrected chi connectivity index (χ2v) is 6.53. The van der Waals surface area contributed by atoms with Crippen LogP contribution in [0, 0.1) is 17.8 Å². The van der Waals surface area contributed by atoms with Crippen molar-refractivity contribution in [2.75, 3.05) is 0 Å². The van der Waals surface area contributed by atoms with Gasteiger partial charge in [0.25, 0.3) is 0 Å². The predicted molar refractivity (Wildman–Crippen MR) is 76.2 cm³/mol. The third kappa shape index (κ3) is 3.05. The molecule has 1 saturated carbocycles. The summed E-state index contributed by atoms with van der Waals surface area (Å²) in [5.41, 5.74) is 5.30. The lowest BCUT2D eigenvalue weighted by Gasteiger charge is -2.48. The highest BCUT2D eigenvalue weighted by Gasteiger charge is 2.48. The zero-order valence-corrected chi connectivity index (χ0v) is 12.6. The van der Waals surface area contributed by atoms with Gasteiger partial charge in [0.1, 0.15) is 5.54 Å². The number of amides is 1. The standard InChI is InChI=1S/C15H30N2O/c1-6-12(5)17-15(14(16)18)9-11(4)7-8-13(15)10(2)3/h10-13,17H,6-9H2,1-5H3,(H2,16,18). The van der Waals surface area contributed by atoms with E-state index in [0.29, 0.717) is 23.8 Å². The molecule has 0 spiro atoms. The van der Waals surface area contributed by atoms with E-state index in [1.54, 1.807) is 0 Å². The predicted octanol–water partition coefficient (Wildman–Crippen LogP) is 2.69. The van der Waals surface area contributed by atoms with Gasteiger partial charge in [0.2, 0.25) is 5.91 Å². The lowest BCUT2D eigenvalue weighted by atomic mass is 9.64. The van der Waals surface area contributed by atoms with Crippen molar-refractivity contribution < 1.29 is 4.79 Å². The van der Waals surface area contributed by atoms with E-state index in [1.807, 2.05) is 0 Å². The highest BCUT2D eigenvalue weighted by Crippen LogP contribution is 2.41. The molecule has 1 aliphatic carbocycles. The van der Waals surface area contributed by atoms with Crippen molar-refractivity contribution in [1.82, 2.24) is 5.32 Å². The Hall–Kier alpha value is -0.570. The van der Waals surface area contributed by atoms with Crippen molar-refractivity contribution in [1.29, 1.82) is 0 Å². The van der Waals surface area contributed by atoms with Crippen molar-refractivity contribution in [3.8, 4) is 0 Å². The van der Waals surface area contributed by atoms with E-state index in [9.17, 15) is 4.79 Å². The van der Waals surface area contributed by atoms with Crippen molar-refractivity contribution in [3.63, 3.8) is 0 Å². The molecule has 0 aliphatic heterocycles. The van der Waals surface area contributed by atoms with E-state index in [2.05, 4.69) is 39.9 Å². The molecule has 1 amide bonds. The number of nitrogens with one attached hydrogen (secondary N) is 1. The normalized spacial score (nSPS) is 34.6. The molecule has 0 radical (unpaired) electrons. The number of carbonyl (C=O) groups excluding carboxylic acids is 1. The van der Waals surface area contributed by atoms with Gasteiger partial charge in [-0.2, -0.15) is 0 Å². The molecule has 4 atom stereocenters. The molecule has 0 aromatic carbocycles. The molecule has 0 aromatic rings. The Morgan fingerprint density at radius 1 is 1.39 bits per heavy atom. The molecule has 0 heterocycles. The van der Waals surface area contributed by atoms with E-state index in [4.69, 9.17) is 5.73 Å². The monoisotopic (exact) mass is 254 g/mol. The Balaban J connectivity index is 3.04. The molecule has 106 valence electrons. The van der Waals surface area contributed by atoms with Gasteiger partial charge in [0.15, 0.2) is 0 Å². The Morgan fingerprint density at radius 2 is 2.00 bits per heavy atom. The maximum absolute atomic E-state index is 12.1. The number of primary amides is 1. The van der Waals surface area contributed by atoms with E-state index in [-0.39, 0.29) is 5.91 Å². The number of hydrogen-bond acceptors (Lipinski definition) is 2. The molecule has 3 heteroatoms. The number of hydrogen-bond donors (Lipinski definition) is 2. The Morgan fingerprint density at radius 3 is 2.44 bits per heavy atom. The quantitative estimate of drug-likeness (QED) is 0.792. The van der Waals surface area contributed by atoms with Crippen LogP contribution in [0.15, 0.2) is 0 Å². The number of carbonyl (C=O) groups is 1. The highest BCUT2D eigenvalue weighted by atomic mass is 16.1. The summed E-state index contributed by atoms with van der Waals surface area (Å²) in [6, 6.07) is 0.337. The van der Waals surface area contributed by atoms with Gasteiger partial charge in [-0.3, -0.25) is 4.79 Å². The van der Waals surface area contributed by atoms with Crippen LogP contribution in [0.3, 0.4) is 0 Å². The first-order valence-corrected chi connectivity index (χ1v) is 7.41. The van der Waals surface area contributed by atoms with Gasteiger partial charge in [0, 0.05) is 6.04 Å². The average molecular weight is 254 g/mol. The van der Waals surface area contributed by atoms with Gasteiger partial charge >= 0.3 is 0 Å². The molecule has 18 heavy (non-hydrogen) atoms. The number of nitrogens with two attached hydrogens (primary N) is 1. The molecule has 3 N–H and O–H groups in total. The fourth-order valence-corrected chi connectivity index (χ4v) is 3.48. The Labute approximate surface area is 112 Å². The van der Waals surface area contributed by atoms with Gasteiger partial charge in [0.05, 0.1) is 0 Å². The van der Waals surface area contributed by atoms with Gasteiger partial charge < -0.3 is 11.1 Å². The van der Waals surface area contributed by atoms with Gasteiger partial charge in [-0.1, -0.05) is 34.1 Å². The van der Waals surface area contributed by atoms with Crippen LogP contribution in [-0.2, 0) is 4.79 Å². The van der Waals surface area contributed by atoms with Crippen molar-refractivity contribution >= 4 is 5.91 Å². The van der Waals surface area contributed by atoms with Crippen LogP contribution in [-0.4, -0.2) is 17.5 Å². The molecule has 0 saturated heterocycles.